The Bertz CT molecular complexity index is 1000. The van der Waals surface area contributed by atoms with Gasteiger partial charge in [0.2, 0.25) is 5.91 Å². The molecule has 0 saturated carbocycles. The van der Waals surface area contributed by atoms with Crippen molar-refractivity contribution in [3.05, 3.63) is 57.8 Å². The lowest BCUT2D eigenvalue weighted by molar-refractivity contribution is -0.129. The fourth-order valence-corrected chi connectivity index (χ4v) is 5.71. The van der Waals surface area contributed by atoms with Crippen molar-refractivity contribution in [3.8, 4) is 0 Å². The van der Waals surface area contributed by atoms with E-state index in [-0.39, 0.29) is 17.9 Å². The fraction of sp³-hybridized carbons (Fsp3) is 0.480. The molecule has 4 rings (SSSR count). The first-order chi connectivity index (χ1) is 15.5. The SMILES string of the molecule is CCN(CC)C(=O)C1=C(C)N=C2SC=C(CC(=O)N3CCCC3)N2C1c1ccccc1C. The lowest BCUT2D eigenvalue weighted by Crippen LogP contribution is -2.42. The van der Waals surface area contributed by atoms with Crippen LogP contribution in [0.15, 0.2) is 51.6 Å². The number of rotatable bonds is 6. The first kappa shape index (κ1) is 22.6. The molecular weight excluding hydrogens is 420 g/mol. The average Bonchev–Trinajstić information content (AvgIpc) is 3.45. The van der Waals surface area contributed by atoms with Gasteiger partial charge in [0.15, 0.2) is 5.17 Å². The predicted octanol–water partition coefficient (Wildman–Crippen LogP) is 4.45. The number of likely N-dealkylation sites (tertiary alicyclic amines) is 1. The number of likely N-dealkylation sites (N-methyl/N-ethyl adjacent to an activating group) is 1. The molecule has 0 radical (unpaired) electrons. The van der Waals surface area contributed by atoms with Crippen molar-refractivity contribution in [1.29, 1.82) is 0 Å². The topological polar surface area (TPSA) is 56.2 Å². The fourth-order valence-electron chi connectivity index (χ4n) is 4.75. The number of nitrogens with zero attached hydrogens (tertiary/aromatic N) is 4. The normalized spacial score (nSPS) is 20.3. The van der Waals surface area contributed by atoms with Crippen molar-refractivity contribution >= 4 is 28.7 Å². The molecule has 0 aromatic heterocycles. The van der Waals surface area contributed by atoms with Gasteiger partial charge in [-0.05, 0) is 57.1 Å². The van der Waals surface area contributed by atoms with E-state index in [0.29, 0.717) is 25.1 Å². The molecule has 1 aromatic rings. The Morgan fingerprint density at radius 2 is 1.81 bits per heavy atom. The van der Waals surface area contributed by atoms with Gasteiger partial charge in [0.1, 0.15) is 0 Å². The van der Waals surface area contributed by atoms with Gasteiger partial charge in [-0.15, -0.1) is 0 Å². The lowest BCUT2D eigenvalue weighted by Gasteiger charge is -2.38. The minimum Gasteiger partial charge on any atom is -0.342 e. The van der Waals surface area contributed by atoms with Crippen molar-refractivity contribution in [2.24, 2.45) is 4.99 Å². The van der Waals surface area contributed by atoms with E-state index < -0.39 is 0 Å². The summed E-state index contributed by atoms with van der Waals surface area (Å²) in [4.78, 5) is 37.4. The molecule has 0 bridgehead atoms. The van der Waals surface area contributed by atoms with E-state index in [2.05, 4.69) is 24.0 Å². The summed E-state index contributed by atoms with van der Waals surface area (Å²) in [5, 5.41) is 2.88. The van der Waals surface area contributed by atoms with Crippen molar-refractivity contribution in [3.63, 3.8) is 0 Å². The highest BCUT2D eigenvalue weighted by Crippen LogP contribution is 2.45. The number of benzene rings is 1. The highest BCUT2D eigenvalue weighted by Gasteiger charge is 2.42. The quantitative estimate of drug-likeness (QED) is 0.640. The van der Waals surface area contributed by atoms with Crippen LogP contribution in [-0.4, -0.2) is 57.9 Å². The number of amides is 2. The first-order valence-corrected chi connectivity index (χ1v) is 12.4. The molecule has 1 saturated heterocycles. The third-order valence-electron chi connectivity index (χ3n) is 6.56. The van der Waals surface area contributed by atoms with E-state index in [9.17, 15) is 9.59 Å². The molecular formula is C25H32N4O2S. The van der Waals surface area contributed by atoms with E-state index in [0.717, 1.165) is 53.6 Å². The van der Waals surface area contributed by atoms with Gasteiger partial charge in [0.05, 0.1) is 23.7 Å². The van der Waals surface area contributed by atoms with Crippen LogP contribution in [-0.2, 0) is 9.59 Å². The number of thioether (sulfide) groups is 1. The number of allylic oxidation sites excluding steroid dienone is 1. The molecule has 0 aliphatic carbocycles. The molecule has 170 valence electrons. The average molecular weight is 453 g/mol. The Morgan fingerprint density at radius 3 is 2.47 bits per heavy atom. The van der Waals surface area contributed by atoms with E-state index in [4.69, 9.17) is 4.99 Å². The van der Waals surface area contributed by atoms with Gasteiger partial charge >= 0.3 is 0 Å². The van der Waals surface area contributed by atoms with Gasteiger partial charge in [0.25, 0.3) is 5.91 Å². The lowest BCUT2D eigenvalue weighted by atomic mass is 9.90. The van der Waals surface area contributed by atoms with Crippen molar-refractivity contribution < 1.29 is 9.59 Å². The van der Waals surface area contributed by atoms with E-state index in [1.54, 1.807) is 11.8 Å². The number of fused-ring (bicyclic) bond motifs is 1. The predicted molar refractivity (Wildman–Crippen MR) is 130 cm³/mol. The Balaban J connectivity index is 1.76. The number of carbonyl (C=O) groups excluding carboxylic acids is 2. The van der Waals surface area contributed by atoms with Gasteiger partial charge in [0, 0.05) is 31.9 Å². The molecule has 0 N–H and O–H groups in total. The second-order valence-electron chi connectivity index (χ2n) is 8.49. The van der Waals surface area contributed by atoms with Crippen molar-refractivity contribution in [2.45, 2.75) is 53.0 Å². The second-order valence-corrected chi connectivity index (χ2v) is 9.33. The van der Waals surface area contributed by atoms with Crippen LogP contribution in [0.25, 0.3) is 0 Å². The molecule has 3 aliphatic rings. The van der Waals surface area contributed by atoms with E-state index >= 15 is 0 Å². The van der Waals surface area contributed by atoms with E-state index in [1.807, 2.05) is 48.1 Å². The standard InChI is InChI=1S/C25H32N4O2S/c1-5-27(6-2)24(31)22-18(4)26-25-29(23(22)20-12-8-7-11-17(20)3)19(16-32-25)15-21(30)28-13-9-10-14-28/h7-8,11-12,16,23H,5-6,9-10,13-15H2,1-4H3. The summed E-state index contributed by atoms with van der Waals surface area (Å²) in [5.41, 5.74) is 4.59. The summed E-state index contributed by atoms with van der Waals surface area (Å²) in [6.07, 6.45) is 2.48. The molecule has 3 aliphatic heterocycles. The van der Waals surface area contributed by atoms with Gasteiger partial charge < -0.3 is 14.7 Å². The maximum absolute atomic E-state index is 13.7. The van der Waals surface area contributed by atoms with Crippen LogP contribution >= 0.6 is 11.8 Å². The van der Waals surface area contributed by atoms with Crippen LogP contribution in [0.3, 0.4) is 0 Å². The van der Waals surface area contributed by atoms with Gasteiger partial charge in [-0.1, -0.05) is 36.0 Å². The van der Waals surface area contributed by atoms with Gasteiger partial charge in [-0.25, -0.2) is 4.99 Å². The minimum absolute atomic E-state index is 0.0191. The summed E-state index contributed by atoms with van der Waals surface area (Å²) in [7, 11) is 0. The molecule has 1 atom stereocenters. The number of carbonyl (C=O) groups is 2. The summed E-state index contributed by atoms with van der Waals surface area (Å²) >= 11 is 1.54. The summed E-state index contributed by atoms with van der Waals surface area (Å²) in [5.74, 6) is 0.174. The van der Waals surface area contributed by atoms with Crippen LogP contribution in [0.1, 0.15) is 57.2 Å². The van der Waals surface area contributed by atoms with Gasteiger partial charge in [-0.2, -0.15) is 0 Å². The zero-order valence-electron chi connectivity index (χ0n) is 19.4. The molecule has 1 unspecified atom stereocenters. The number of amidine groups is 1. The molecule has 6 nitrogen and oxygen atoms in total. The maximum Gasteiger partial charge on any atom is 0.254 e. The Hall–Kier alpha value is -2.54. The van der Waals surface area contributed by atoms with Crippen molar-refractivity contribution in [1.82, 2.24) is 14.7 Å². The molecule has 1 fully saturated rings. The number of hydrogen-bond donors (Lipinski definition) is 0. The third kappa shape index (κ3) is 4.10. The Kier molecular flexibility index (Phi) is 6.74. The van der Waals surface area contributed by atoms with Crippen molar-refractivity contribution in [2.75, 3.05) is 26.2 Å². The highest BCUT2D eigenvalue weighted by molar-refractivity contribution is 8.16. The van der Waals surface area contributed by atoms with Gasteiger partial charge in [-0.3, -0.25) is 9.59 Å². The van der Waals surface area contributed by atoms with Crippen LogP contribution in [0, 0.1) is 6.92 Å². The largest absolute Gasteiger partial charge is 0.342 e. The monoisotopic (exact) mass is 452 g/mol. The van der Waals surface area contributed by atoms with Crippen LogP contribution in [0.2, 0.25) is 0 Å². The number of aliphatic imine (C=N–C) groups is 1. The van der Waals surface area contributed by atoms with E-state index in [1.165, 1.54) is 0 Å². The second kappa shape index (κ2) is 9.53. The smallest absolute Gasteiger partial charge is 0.254 e. The Labute approximate surface area is 195 Å². The molecule has 7 heteroatoms. The third-order valence-corrected chi connectivity index (χ3v) is 7.44. The highest BCUT2D eigenvalue weighted by atomic mass is 32.2. The molecule has 3 heterocycles. The molecule has 0 spiro atoms. The molecule has 2 amide bonds. The maximum atomic E-state index is 13.7. The first-order valence-electron chi connectivity index (χ1n) is 11.5. The zero-order chi connectivity index (χ0) is 22.8. The minimum atomic E-state index is -0.288. The Morgan fingerprint density at radius 1 is 1.12 bits per heavy atom. The molecule has 32 heavy (non-hydrogen) atoms. The zero-order valence-corrected chi connectivity index (χ0v) is 20.2. The summed E-state index contributed by atoms with van der Waals surface area (Å²) < 4.78 is 0. The van der Waals surface area contributed by atoms with Crippen LogP contribution in [0.5, 0.6) is 0 Å². The number of hydrogen-bond acceptors (Lipinski definition) is 5. The summed E-state index contributed by atoms with van der Waals surface area (Å²) in [6.45, 7) is 11.0. The number of aryl methyl sites for hydroxylation is 1. The van der Waals surface area contributed by atoms with Crippen LogP contribution in [0.4, 0.5) is 0 Å². The van der Waals surface area contributed by atoms with Crippen LogP contribution < -0.4 is 0 Å². The summed E-state index contributed by atoms with van der Waals surface area (Å²) in [6, 6.07) is 7.92. The molecule has 1 aromatic carbocycles.